The summed E-state index contributed by atoms with van der Waals surface area (Å²) in [6.07, 6.45) is 0. The van der Waals surface area contributed by atoms with Gasteiger partial charge in [0.15, 0.2) is 0 Å². The molecule has 0 saturated heterocycles. The van der Waals surface area contributed by atoms with Gasteiger partial charge in [0.25, 0.3) is 0 Å². The number of hydrogen-bond acceptors (Lipinski definition) is 2. The predicted molar refractivity (Wildman–Crippen MR) is 87.3 cm³/mol. The number of nitrogen functional groups attached to an aromatic ring is 1. The highest BCUT2D eigenvalue weighted by atomic mass is 35.5. The maximum atomic E-state index is 12.2. The van der Waals surface area contributed by atoms with E-state index in [1.807, 2.05) is 6.07 Å². The molecule has 0 aliphatic carbocycles. The highest BCUT2D eigenvalue weighted by Gasteiger charge is 2.06. The van der Waals surface area contributed by atoms with Crippen molar-refractivity contribution in [2.24, 2.45) is 0 Å². The molecule has 0 aliphatic rings. The summed E-state index contributed by atoms with van der Waals surface area (Å²) in [5, 5.41) is 0.536. The van der Waals surface area contributed by atoms with Crippen LogP contribution >= 0.6 is 11.6 Å². The zero-order valence-corrected chi connectivity index (χ0v) is 13.2. The van der Waals surface area contributed by atoms with Crippen LogP contribution in [0.2, 0.25) is 5.02 Å². The second kappa shape index (κ2) is 6.42. The van der Waals surface area contributed by atoms with Gasteiger partial charge in [-0.05, 0) is 37.1 Å². The maximum absolute atomic E-state index is 12.2. The normalized spacial score (nSPS) is 12.3. The molecule has 0 radical (unpaired) electrons. The quantitative estimate of drug-likeness (QED) is 0.868. The molecule has 2 rings (SSSR count). The van der Waals surface area contributed by atoms with Crippen LogP contribution in [0.15, 0.2) is 36.4 Å². The van der Waals surface area contributed by atoms with Gasteiger partial charge in [0, 0.05) is 22.3 Å². The molecule has 0 aliphatic heterocycles. The minimum Gasteiger partial charge on any atom is -0.398 e. The third kappa shape index (κ3) is 4.09. The van der Waals surface area contributed by atoms with Crippen molar-refractivity contribution in [3.63, 3.8) is 0 Å². The van der Waals surface area contributed by atoms with Gasteiger partial charge in [-0.25, -0.2) is 0 Å². The Hall–Kier alpha value is -1.32. The van der Waals surface area contributed by atoms with Crippen LogP contribution in [-0.2, 0) is 22.3 Å². The fourth-order valence-corrected chi connectivity index (χ4v) is 3.57. The monoisotopic (exact) mass is 307 g/mol. The fourth-order valence-electron chi connectivity index (χ4n) is 2.26. The van der Waals surface area contributed by atoms with Crippen molar-refractivity contribution in [3.05, 3.63) is 63.7 Å². The Balaban J connectivity index is 2.06. The van der Waals surface area contributed by atoms with Crippen molar-refractivity contribution in [2.75, 3.05) is 5.73 Å². The second-order valence-electron chi connectivity index (χ2n) is 5.08. The zero-order valence-electron chi connectivity index (χ0n) is 11.7. The number of anilines is 1. The lowest BCUT2D eigenvalue weighted by molar-refractivity contribution is 0.682. The van der Waals surface area contributed by atoms with Gasteiger partial charge in [-0.1, -0.05) is 47.0 Å². The molecule has 4 heteroatoms. The first-order chi connectivity index (χ1) is 9.44. The van der Waals surface area contributed by atoms with Crippen LogP contribution in [0.1, 0.15) is 22.3 Å². The Morgan fingerprint density at radius 1 is 1.00 bits per heavy atom. The van der Waals surface area contributed by atoms with Crippen molar-refractivity contribution in [1.29, 1.82) is 0 Å². The van der Waals surface area contributed by atoms with E-state index >= 15 is 0 Å². The Labute approximate surface area is 127 Å². The van der Waals surface area contributed by atoms with Crippen LogP contribution in [0.4, 0.5) is 5.69 Å². The molecule has 0 amide bonds. The third-order valence-electron chi connectivity index (χ3n) is 3.00. The minimum atomic E-state index is -0.952. The van der Waals surface area contributed by atoms with Crippen LogP contribution in [0.3, 0.4) is 0 Å². The summed E-state index contributed by atoms with van der Waals surface area (Å²) in [7, 11) is -0.952. The van der Waals surface area contributed by atoms with E-state index in [1.54, 1.807) is 12.1 Å². The standard InChI is InChI=1S/C16H18ClNOS/c1-11-5-12(2)7-14(6-11)10-20(19)9-13-3-4-15(17)16(18)8-13/h3-8H,9-10,18H2,1-2H3. The van der Waals surface area contributed by atoms with E-state index in [0.29, 0.717) is 22.2 Å². The van der Waals surface area contributed by atoms with Crippen LogP contribution in [0.5, 0.6) is 0 Å². The van der Waals surface area contributed by atoms with E-state index < -0.39 is 10.8 Å². The highest BCUT2D eigenvalue weighted by molar-refractivity contribution is 7.83. The summed E-state index contributed by atoms with van der Waals surface area (Å²) in [6, 6.07) is 11.7. The number of nitrogens with two attached hydrogens (primary N) is 1. The lowest BCUT2D eigenvalue weighted by Gasteiger charge is -2.07. The third-order valence-corrected chi connectivity index (χ3v) is 4.65. The fraction of sp³-hybridized carbons (Fsp3) is 0.250. The zero-order chi connectivity index (χ0) is 14.7. The number of aryl methyl sites for hydroxylation is 2. The first-order valence-corrected chi connectivity index (χ1v) is 8.26. The molecule has 2 N–H and O–H groups in total. The first-order valence-electron chi connectivity index (χ1n) is 6.40. The van der Waals surface area contributed by atoms with Gasteiger partial charge in [-0.3, -0.25) is 4.21 Å². The summed E-state index contributed by atoms with van der Waals surface area (Å²) in [5.41, 5.74) is 10.8. The Bertz CT molecular complexity index is 635. The van der Waals surface area contributed by atoms with Gasteiger partial charge in [-0.2, -0.15) is 0 Å². The molecule has 0 fully saturated rings. The molecule has 2 aromatic carbocycles. The van der Waals surface area contributed by atoms with Gasteiger partial charge >= 0.3 is 0 Å². The van der Waals surface area contributed by atoms with Crippen LogP contribution in [-0.4, -0.2) is 4.21 Å². The molecule has 0 aromatic heterocycles. The number of hydrogen-bond donors (Lipinski definition) is 1. The minimum absolute atomic E-state index is 0.494. The summed E-state index contributed by atoms with van der Waals surface area (Å²) in [4.78, 5) is 0. The van der Waals surface area contributed by atoms with Crippen molar-refractivity contribution in [3.8, 4) is 0 Å². The smallest absolute Gasteiger partial charge is 0.0635 e. The first kappa shape index (κ1) is 15.1. The highest BCUT2D eigenvalue weighted by Crippen LogP contribution is 2.21. The van der Waals surface area contributed by atoms with Gasteiger partial charge in [0.2, 0.25) is 0 Å². The average Bonchev–Trinajstić information content (AvgIpc) is 2.32. The molecule has 0 heterocycles. The van der Waals surface area contributed by atoms with Gasteiger partial charge in [0.05, 0.1) is 10.7 Å². The van der Waals surface area contributed by atoms with Gasteiger partial charge < -0.3 is 5.73 Å². The Kier molecular flexibility index (Phi) is 4.84. The molecule has 0 saturated carbocycles. The van der Waals surface area contributed by atoms with E-state index in [-0.39, 0.29) is 0 Å². The maximum Gasteiger partial charge on any atom is 0.0635 e. The lowest BCUT2D eigenvalue weighted by Crippen LogP contribution is -2.01. The van der Waals surface area contributed by atoms with E-state index in [2.05, 4.69) is 32.0 Å². The summed E-state index contributed by atoms with van der Waals surface area (Å²) >= 11 is 5.88. The van der Waals surface area contributed by atoms with Crippen molar-refractivity contribution >= 4 is 28.1 Å². The van der Waals surface area contributed by atoms with Crippen molar-refractivity contribution in [1.82, 2.24) is 0 Å². The molecule has 1 unspecified atom stereocenters. The average molecular weight is 308 g/mol. The van der Waals surface area contributed by atoms with Gasteiger partial charge in [-0.15, -0.1) is 0 Å². The van der Waals surface area contributed by atoms with Gasteiger partial charge in [0.1, 0.15) is 0 Å². The van der Waals surface area contributed by atoms with Crippen LogP contribution < -0.4 is 5.73 Å². The number of benzene rings is 2. The molecule has 0 bridgehead atoms. The molecule has 2 nitrogen and oxygen atoms in total. The predicted octanol–water partition coefficient (Wildman–Crippen LogP) is 3.99. The van der Waals surface area contributed by atoms with E-state index in [0.717, 1.165) is 11.1 Å². The van der Waals surface area contributed by atoms with Crippen molar-refractivity contribution in [2.45, 2.75) is 25.4 Å². The molecule has 0 spiro atoms. The molecule has 20 heavy (non-hydrogen) atoms. The molecule has 2 aromatic rings. The second-order valence-corrected chi connectivity index (χ2v) is 6.94. The lowest BCUT2D eigenvalue weighted by atomic mass is 10.1. The van der Waals surface area contributed by atoms with E-state index in [4.69, 9.17) is 17.3 Å². The number of rotatable bonds is 4. The Morgan fingerprint density at radius 2 is 1.60 bits per heavy atom. The molecular weight excluding hydrogens is 290 g/mol. The largest absolute Gasteiger partial charge is 0.398 e. The number of halogens is 1. The SMILES string of the molecule is Cc1cc(C)cc(CS(=O)Cc2ccc(Cl)c(N)c2)c1. The summed E-state index contributed by atoms with van der Waals surface area (Å²) in [5.74, 6) is 1.05. The topological polar surface area (TPSA) is 43.1 Å². The van der Waals surface area contributed by atoms with Crippen LogP contribution in [0.25, 0.3) is 0 Å². The van der Waals surface area contributed by atoms with E-state index in [9.17, 15) is 4.21 Å². The Morgan fingerprint density at radius 3 is 2.20 bits per heavy atom. The summed E-state index contributed by atoms with van der Waals surface area (Å²) in [6.45, 7) is 4.11. The molecular formula is C16H18ClNOS. The van der Waals surface area contributed by atoms with E-state index in [1.165, 1.54) is 11.1 Å². The molecule has 106 valence electrons. The summed E-state index contributed by atoms with van der Waals surface area (Å²) < 4.78 is 12.2. The van der Waals surface area contributed by atoms with Crippen molar-refractivity contribution < 1.29 is 4.21 Å². The van der Waals surface area contributed by atoms with Crippen LogP contribution in [0, 0.1) is 13.8 Å². The molecule has 1 atom stereocenters.